The molecule has 21 heavy (non-hydrogen) atoms. The lowest BCUT2D eigenvalue weighted by atomic mass is 9.89. The zero-order valence-corrected chi connectivity index (χ0v) is 11.5. The monoisotopic (exact) mass is 291 g/mol. The van der Waals surface area contributed by atoms with Crippen LogP contribution in [-0.2, 0) is 17.6 Å². The van der Waals surface area contributed by atoms with E-state index in [-0.39, 0.29) is 17.5 Å². The molecule has 1 unspecified atom stereocenters. The molecular weight excluding hydrogens is 276 g/mol. The highest BCUT2D eigenvalue weighted by Gasteiger charge is 2.27. The number of aryl methyl sites for hydroxylation is 2. The Morgan fingerprint density at radius 3 is 2.76 bits per heavy atom. The maximum Gasteiger partial charge on any atom is 0.227 e. The number of H-pyrrole nitrogens is 1. The zero-order chi connectivity index (χ0) is 15.0. The van der Waals surface area contributed by atoms with Gasteiger partial charge in [0.05, 0.1) is 5.69 Å². The minimum atomic E-state index is -0.708. The molecule has 1 atom stereocenters. The minimum absolute atomic E-state index is 0.143. The summed E-state index contributed by atoms with van der Waals surface area (Å²) in [6.07, 6.45) is 1.98. The van der Waals surface area contributed by atoms with Crippen LogP contribution in [0.25, 0.3) is 0 Å². The second-order valence-electron chi connectivity index (χ2n) is 5.33. The molecule has 0 fully saturated rings. The SMILES string of the molecule is Cc1nc2c([nH]1)CC(C(=O)Nc1cc(F)cc(F)c1)CC2. The lowest BCUT2D eigenvalue weighted by Gasteiger charge is -2.20. The molecule has 2 aromatic rings. The van der Waals surface area contributed by atoms with Crippen LogP contribution in [0, 0.1) is 24.5 Å². The average molecular weight is 291 g/mol. The van der Waals surface area contributed by atoms with E-state index < -0.39 is 11.6 Å². The summed E-state index contributed by atoms with van der Waals surface area (Å²) in [7, 11) is 0. The number of hydrogen-bond acceptors (Lipinski definition) is 2. The number of fused-ring (bicyclic) bond motifs is 1. The Bertz CT molecular complexity index is 676. The third kappa shape index (κ3) is 2.94. The molecular formula is C15H15F2N3O. The Kier molecular flexibility index (Phi) is 3.45. The maximum absolute atomic E-state index is 13.1. The zero-order valence-electron chi connectivity index (χ0n) is 11.5. The summed E-state index contributed by atoms with van der Waals surface area (Å²) in [5.41, 5.74) is 2.13. The van der Waals surface area contributed by atoms with Gasteiger partial charge < -0.3 is 10.3 Å². The summed E-state index contributed by atoms with van der Waals surface area (Å²) in [4.78, 5) is 19.7. The molecule has 3 rings (SSSR count). The van der Waals surface area contributed by atoms with Gasteiger partial charge in [0.2, 0.25) is 5.91 Å². The van der Waals surface area contributed by atoms with Crippen LogP contribution in [0.4, 0.5) is 14.5 Å². The first kappa shape index (κ1) is 13.7. The van der Waals surface area contributed by atoms with Crippen molar-refractivity contribution in [3.63, 3.8) is 0 Å². The molecule has 0 bridgehead atoms. The van der Waals surface area contributed by atoms with Crippen LogP contribution in [-0.4, -0.2) is 15.9 Å². The Labute approximate surface area is 120 Å². The fourth-order valence-electron chi connectivity index (χ4n) is 2.72. The number of aromatic nitrogens is 2. The number of nitrogens with zero attached hydrogens (tertiary/aromatic N) is 1. The lowest BCUT2D eigenvalue weighted by Crippen LogP contribution is -2.28. The van der Waals surface area contributed by atoms with Crippen molar-refractivity contribution in [1.82, 2.24) is 9.97 Å². The molecule has 0 aliphatic heterocycles. The molecule has 1 aromatic heterocycles. The number of imidazole rings is 1. The standard InChI is InChI=1S/C15H15F2N3O/c1-8-18-13-3-2-9(4-14(13)19-8)15(21)20-12-6-10(16)5-11(17)7-12/h5-7,9H,2-4H2,1H3,(H,18,19)(H,20,21). The molecule has 0 saturated carbocycles. The van der Waals surface area contributed by atoms with Crippen molar-refractivity contribution >= 4 is 11.6 Å². The molecule has 110 valence electrons. The van der Waals surface area contributed by atoms with Gasteiger partial charge in [-0.1, -0.05) is 0 Å². The van der Waals surface area contributed by atoms with Gasteiger partial charge in [-0.25, -0.2) is 13.8 Å². The van der Waals surface area contributed by atoms with Crippen molar-refractivity contribution in [2.75, 3.05) is 5.32 Å². The van der Waals surface area contributed by atoms with Crippen LogP contribution >= 0.6 is 0 Å². The maximum atomic E-state index is 13.1. The predicted molar refractivity (Wildman–Crippen MR) is 73.8 cm³/mol. The van der Waals surface area contributed by atoms with Crippen LogP contribution < -0.4 is 5.32 Å². The molecule has 1 aliphatic rings. The van der Waals surface area contributed by atoms with Crippen molar-refractivity contribution in [3.8, 4) is 0 Å². The van der Waals surface area contributed by atoms with Crippen molar-refractivity contribution in [2.24, 2.45) is 5.92 Å². The van der Waals surface area contributed by atoms with Crippen LogP contribution in [0.3, 0.4) is 0 Å². The van der Waals surface area contributed by atoms with Crippen LogP contribution in [0.15, 0.2) is 18.2 Å². The summed E-state index contributed by atoms with van der Waals surface area (Å²) >= 11 is 0. The van der Waals surface area contributed by atoms with E-state index in [0.29, 0.717) is 12.8 Å². The van der Waals surface area contributed by atoms with Gasteiger partial charge in [0, 0.05) is 29.8 Å². The van der Waals surface area contributed by atoms with Gasteiger partial charge >= 0.3 is 0 Å². The molecule has 1 heterocycles. The molecule has 2 N–H and O–H groups in total. The van der Waals surface area contributed by atoms with Crippen LogP contribution in [0.1, 0.15) is 23.6 Å². The number of benzene rings is 1. The second-order valence-corrected chi connectivity index (χ2v) is 5.33. The van der Waals surface area contributed by atoms with Crippen molar-refractivity contribution in [3.05, 3.63) is 47.0 Å². The van der Waals surface area contributed by atoms with Crippen LogP contribution in [0.2, 0.25) is 0 Å². The van der Waals surface area contributed by atoms with E-state index in [9.17, 15) is 13.6 Å². The van der Waals surface area contributed by atoms with Gasteiger partial charge in [-0.2, -0.15) is 0 Å². The van der Waals surface area contributed by atoms with E-state index in [0.717, 1.165) is 41.8 Å². The molecule has 6 heteroatoms. The molecule has 0 radical (unpaired) electrons. The first-order valence-electron chi connectivity index (χ1n) is 6.82. The van der Waals surface area contributed by atoms with E-state index in [1.165, 1.54) is 0 Å². The van der Waals surface area contributed by atoms with E-state index in [4.69, 9.17) is 0 Å². The highest BCUT2D eigenvalue weighted by atomic mass is 19.1. The molecule has 1 aromatic carbocycles. The summed E-state index contributed by atoms with van der Waals surface area (Å²) in [5, 5.41) is 2.58. The largest absolute Gasteiger partial charge is 0.346 e. The fraction of sp³-hybridized carbons (Fsp3) is 0.333. The van der Waals surface area contributed by atoms with Crippen molar-refractivity contribution < 1.29 is 13.6 Å². The molecule has 0 saturated heterocycles. The van der Waals surface area contributed by atoms with Crippen molar-refractivity contribution in [2.45, 2.75) is 26.2 Å². The second kappa shape index (κ2) is 5.27. The number of hydrogen-bond donors (Lipinski definition) is 2. The number of rotatable bonds is 2. The van der Waals surface area contributed by atoms with Gasteiger partial charge in [-0.05, 0) is 31.9 Å². The molecule has 1 amide bonds. The Morgan fingerprint density at radius 2 is 2.05 bits per heavy atom. The van der Waals surface area contributed by atoms with E-state index in [2.05, 4.69) is 15.3 Å². The number of halogens is 2. The Hall–Kier alpha value is -2.24. The van der Waals surface area contributed by atoms with Gasteiger partial charge in [0.1, 0.15) is 17.5 Å². The smallest absolute Gasteiger partial charge is 0.227 e. The number of aromatic amines is 1. The number of nitrogens with one attached hydrogen (secondary N) is 2. The number of carbonyl (C=O) groups excluding carboxylic acids is 1. The first-order chi connectivity index (χ1) is 10.0. The third-order valence-corrected chi connectivity index (χ3v) is 3.66. The van der Waals surface area contributed by atoms with Gasteiger partial charge in [-0.15, -0.1) is 0 Å². The quantitative estimate of drug-likeness (QED) is 0.894. The predicted octanol–water partition coefficient (Wildman–Crippen LogP) is 2.74. The van der Waals surface area contributed by atoms with Crippen LogP contribution in [0.5, 0.6) is 0 Å². The van der Waals surface area contributed by atoms with Gasteiger partial charge in [0.25, 0.3) is 0 Å². The topological polar surface area (TPSA) is 57.8 Å². The van der Waals surface area contributed by atoms with Gasteiger partial charge in [0.15, 0.2) is 0 Å². The van der Waals surface area contributed by atoms with Crippen molar-refractivity contribution in [1.29, 1.82) is 0 Å². The van der Waals surface area contributed by atoms with E-state index >= 15 is 0 Å². The van der Waals surface area contributed by atoms with E-state index in [1.54, 1.807) is 0 Å². The third-order valence-electron chi connectivity index (χ3n) is 3.66. The highest BCUT2D eigenvalue weighted by molar-refractivity contribution is 5.92. The number of amides is 1. The molecule has 0 spiro atoms. The Balaban J connectivity index is 1.72. The highest BCUT2D eigenvalue weighted by Crippen LogP contribution is 2.25. The summed E-state index contributed by atoms with van der Waals surface area (Å²) in [6, 6.07) is 2.99. The Morgan fingerprint density at radius 1 is 1.33 bits per heavy atom. The number of anilines is 1. The van der Waals surface area contributed by atoms with E-state index in [1.807, 2.05) is 6.92 Å². The number of carbonyl (C=O) groups is 1. The molecule has 1 aliphatic carbocycles. The first-order valence-corrected chi connectivity index (χ1v) is 6.82. The summed E-state index contributed by atoms with van der Waals surface area (Å²) < 4.78 is 26.2. The van der Waals surface area contributed by atoms with Gasteiger partial charge in [-0.3, -0.25) is 4.79 Å². The average Bonchev–Trinajstić information content (AvgIpc) is 2.76. The normalized spacial score (nSPS) is 17.4. The summed E-state index contributed by atoms with van der Waals surface area (Å²) in [5.74, 6) is -1.02. The minimum Gasteiger partial charge on any atom is -0.346 e. The molecule has 4 nitrogen and oxygen atoms in total. The lowest BCUT2D eigenvalue weighted by molar-refractivity contribution is -0.120. The fourth-order valence-corrected chi connectivity index (χ4v) is 2.72. The summed E-state index contributed by atoms with van der Waals surface area (Å²) in [6.45, 7) is 1.88.